The first-order valence-electron chi connectivity index (χ1n) is 12.6. The number of carbonyl (C=O) groups is 2. The van der Waals surface area contributed by atoms with Gasteiger partial charge < -0.3 is 34.1 Å². The van der Waals surface area contributed by atoms with E-state index in [0.29, 0.717) is 23.7 Å². The molecule has 0 aliphatic heterocycles. The Labute approximate surface area is 235 Å². The number of anilines is 1. The van der Waals surface area contributed by atoms with Crippen molar-refractivity contribution in [3.8, 4) is 11.5 Å². The molecular weight excluding hydrogens is 536 g/mol. The molecular formula is C27H32N6O6S. The van der Waals surface area contributed by atoms with Crippen molar-refractivity contribution in [2.75, 3.05) is 32.1 Å². The second-order valence-corrected chi connectivity index (χ2v) is 9.61. The van der Waals surface area contributed by atoms with E-state index in [-0.39, 0.29) is 25.6 Å². The van der Waals surface area contributed by atoms with Gasteiger partial charge in [-0.3, -0.25) is 9.48 Å². The predicted octanol–water partition coefficient (Wildman–Crippen LogP) is 4.13. The Morgan fingerprint density at radius 3 is 2.62 bits per heavy atom. The van der Waals surface area contributed by atoms with Crippen molar-refractivity contribution in [3.05, 3.63) is 59.4 Å². The van der Waals surface area contributed by atoms with Crippen LogP contribution in [0.5, 0.6) is 11.5 Å². The Hall–Kier alpha value is -4.39. The van der Waals surface area contributed by atoms with Gasteiger partial charge in [0.15, 0.2) is 11.4 Å². The SMILES string of the molecule is CCc1ccc(OC)c(SNc2noc3cc(Cn4cc(CNC(=O)OCCNC(C)=O)cn4)cc(OC)c23)c1. The molecule has 0 bridgehead atoms. The number of benzene rings is 2. The van der Waals surface area contributed by atoms with Crippen molar-refractivity contribution in [1.29, 1.82) is 0 Å². The third-order valence-electron chi connectivity index (χ3n) is 5.89. The van der Waals surface area contributed by atoms with E-state index in [1.54, 1.807) is 25.1 Å². The van der Waals surface area contributed by atoms with E-state index in [1.165, 1.54) is 24.4 Å². The minimum atomic E-state index is -0.572. The highest BCUT2D eigenvalue weighted by Crippen LogP contribution is 2.37. The first kappa shape index (κ1) is 28.6. The lowest BCUT2D eigenvalue weighted by molar-refractivity contribution is -0.119. The molecule has 2 aromatic heterocycles. The average molecular weight is 569 g/mol. The lowest BCUT2D eigenvalue weighted by Crippen LogP contribution is -2.29. The van der Waals surface area contributed by atoms with Gasteiger partial charge >= 0.3 is 6.09 Å². The second kappa shape index (κ2) is 13.6. The van der Waals surface area contributed by atoms with Crippen LogP contribution in [0.2, 0.25) is 0 Å². The number of alkyl carbamates (subject to hydrolysis) is 1. The minimum Gasteiger partial charge on any atom is -0.496 e. The average Bonchev–Trinajstić information content (AvgIpc) is 3.59. The topological polar surface area (TPSA) is 142 Å². The molecule has 0 unspecified atom stereocenters. The molecule has 3 N–H and O–H groups in total. The summed E-state index contributed by atoms with van der Waals surface area (Å²) in [5, 5.41) is 14.5. The molecule has 4 aromatic rings. The number of rotatable bonds is 13. The summed E-state index contributed by atoms with van der Waals surface area (Å²) in [6.45, 7) is 4.56. The maximum absolute atomic E-state index is 11.8. The van der Waals surface area contributed by atoms with E-state index in [4.69, 9.17) is 18.7 Å². The molecule has 0 radical (unpaired) electrons. The van der Waals surface area contributed by atoms with Crippen LogP contribution >= 0.6 is 11.9 Å². The number of carbonyl (C=O) groups excluding carboxylic acids is 2. The smallest absolute Gasteiger partial charge is 0.407 e. The summed E-state index contributed by atoms with van der Waals surface area (Å²) in [6, 6.07) is 9.89. The molecule has 0 atom stereocenters. The zero-order valence-corrected chi connectivity index (χ0v) is 23.6. The maximum Gasteiger partial charge on any atom is 0.407 e. The summed E-state index contributed by atoms with van der Waals surface area (Å²) in [6.07, 6.45) is 3.85. The van der Waals surface area contributed by atoms with Gasteiger partial charge in [-0.2, -0.15) is 5.10 Å². The molecule has 4 rings (SSSR count). The number of nitrogens with one attached hydrogen (secondary N) is 3. The van der Waals surface area contributed by atoms with Gasteiger partial charge in [-0.15, -0.1) is 0 Å². The van der Waals surface area contributed by atoms with Crippen LogP contribution in [0.3, 0.4) is 0 Å². The largest absolute Gasteiger partial charge is 0.496 e. The maximum atomic E-state index is 11.8. The quantitative estimate of drug-likeness (QED) is 0.159. The molecule has 13 heteroatoms. The summed E-state index contributed by atoms with van der Waals surface area (Å²) < 4.78 is 26.8. The molecule has 0 fully saturated rings. The first-order valence-corrected chi connectivity index (χ1v) is 13.4. The zero-order chi connectivity index (χ0) is 28.5. The van der Waals surface area contributed by atoms with E-state index in [0.717, 1.165) is 33.6 Å². The Balaban J connectivity index is 1.39. The lowest BCUT2D eigenvalue weighted by atomic mass is 10.1. The van der Waals surface area contributed by atoms with Crippen molar-refractivity contribution in [2.24, 2.45) is 0 Å². The molecule has 0 spiro atoms. The third kappa shape index (κ3) is 7.38. The molecule has 2 heterocycles. The highest BCUT2D eigenvalue weighted by Gasteiger charge is 2.17. The number of hydrogen-bond acceptors (Lipinski definition) is 10. The molecule has 2 amide bonds. The number of hydrogen-bond donors (Lipinski definition) is 3. The second-order valence-electron chi connectivity index (χ2n) is 8.76. The number of nitrogens with zero attached hydrogens (tertiary/aromatic N) is 3. The van der Waals surface area contributed by atoms with Crippen LogP contribution in [0.4, 0.5) is 10.6 Å². The van der Waals surface area contributed by atoms with E-state index in [1.807, 2.05) is 30.5 Å². The minimum absolute atomic E-state index is 0.0901. The van der Waals surface area contributed by atoms with Crippen molar-refractivity contribution in [2.45, 2.75) is 38.3 Å². The van der Waals surface area contributed by atoms with Crippen LogP contribution < -0.4 is 24.8 Å². The molecule has 0 saturated carbocycles. The number of fused-ring (bicyclic) bond motifs is 1. The fourth-order valence-electron chi connectivity index (χ4n) is 3.90. The van der Waals surface area contributed by atoms with E-state index >= 15 is 0 Å². The highest BCUT2D eigenvalue weighted by molar-refractivity contribution is 8.00. The van der Waals surface area contributed by atoms with Gasteiger partial charge in [0, 0.05) is 25.2 Å². The van der Waals surface area contributed by atoms with Crippen molar-refractivity contribution >= 4 is 40.7 Å². The van der Waals surface area contributed by atoms with Crippen LogP contribution in [-0.4, -0.2) is 54.3 Å². The Morgan fingerprint density at radius 1 is 1.05 bits per heavy atom. The van der Waals surface area contributed by atoms with E-state index in [2.05, 4.69) is 38.6 Å². The number of aromatic nitrogens is 3. The van der Waals surface area contributed by atoms with E-state index < -0.39 is 6.09 Å². The van der Waals surface area contributed by atoms with Crippen molar-refractivity contribution in [1.82, 2.24) is 25.6 Å². The summed E-state index contributed by atoms with van der Waals surface area (Å²) >= 11 is 1.39. The van der Waals surface area contributed by atoms with Crippen LogP contribution in [0, 0.1) is 0 Å². The van der Waals surface area contributed by atoms with Crippen molar-refractivity contribution < 1.29 is 28.3 Å². The molecule has 40 heavy (non-hydrogen) atoms. The molecule has 0 aliphatic carbocycles. The number of amides is 2. The molecule has 0 aliphatic rings. The fraction of sp³-hybridized carbons (Fsp3) is 0.333. The van der Waals surface area contributed by atoms with E-state index in [9.17, 15) is 9.59 Å². The first-order chi connectivity index (χ1) is 19.4. The summed E-state index contributed by atoms with van der Waals surface area (Å²) in [5.74, 6) is 1.75. The summed E-state index contributed by atoms with van der Waals surface area (Å²) in [7, 11) is 3.25. The molecule has 212 valence electrons. The Bertz CT molecular complexity index is 1470. The van der Waals surface area contributed by atoms with Gasteiger partial charge in [0.1, 0.15) is 23.5 Å². The number of methoxy groups -OCH3 is 2. The third-order valence-corrected chi connectivity index (χ3v) is 6.72. The van der Waals surface area contributed by atoms with Gasteiger partial charge in [-0.1, -0.05) is 18.1 Å². The number of ether oxygens (including phenoxy) is 3. The Morgan fingerprint density at radius 2 is 1.88 bits per heavy atom. The van der Waals surface area contributed by atoms with Crippen LogP contribution in [-0.2, 0) is 29.0 Å². The summed E-state index contributed by atoms with van der Waals surface area (Å²) in [4.78, 5) is 23.6. The zero-order valence-electron chi connectivity index (χ0n) is 22.8. The molecule has 12 nitrogen and oxygen atoms in total. The van der Waals surface area contributed by atoms with Gasteiger partial charge in [0.05, 0.1) is 38.4 Å². The van der Waals surface area contributed by atoms with Gasteiger partial charge in [0.25, 0.3) is 0 Å². The predicted molar refractivity (Wildman–Crippen MR) is 151 cm³/mol. The monoisotopic (exact) mass is 568 g/mol. The standard InChI is InChI=1S/C27H32N6O6S/c1-5-18-6-7-21(36-3)24(12-18)40-32-26-25-22(37-4)10-19(11-23(25)39-31-26)15-33-16-20(14-30-33)13-29-27(35)38-9-8-28-17(2)34/h6-7,10-12,14,16H,5,8-9,13,15H2,1-4H3,(H,28,34)(H,29,35)(H,31,32). The van der Waals surface area contributed by atoms with Gasteiger partial charge in [-0.25, -0.2) is 4.79 Å². The van der Waals surface area contributed by atoms with Crippen LogP contribution in [0.15, 0.2) is 52.1 Å². The van der Waals surface area contributed by atoms with Crippen LogP contribution in [0.1, 0.15) is 30.5 Å². The van der Waals surface area contributed by atoms with Gasteiger partial charge in [0.2, 0.25) is 5.91 Å². The van der Waals surface area contributed by atoms with Crippen LogP contribution in [0.25, 0.3) is 11.0 Å². The lowest BCUT2D eigenvalue weighted by Gasteiger charge is -2.11. The fourth-order valence-corrected chi connectivity index (χ4v) is 4.71. The van der Waals surface area contributed by atoms with Crippen molar-refractivity contribution in [3.63, 3.8) is 0 Å². The molecule has 0 saturated heterocycles. The normalized spacial score (nSPS) is 10.8. The Kier molecular flexibility index (Phi) is 9.73. The highest BCUT2D eigenvalue weighted by atomic mass is 32.2. The van der Waals surface area contributed by atoms with Gasteiger partial charge in [-0.05, 0) is 53.8 Å². The summed E-state index contributed by atoms with van der Waals surface area (Å²) in [5.41, 5.74) is 3.48. The number of aryl methyl sites for hydroxylation is 1. The molecule has 2 aromatic carbocycles.